The number of methoxy groups -OCH3 is 1. The summed E-state index contributed by atoms with van der Waals surface area (Å²) in [5.74, 6) is 2.18. The first-order chi connectivity index (χ1) is 15.1. The molecular weight excluding hydrogens is 396 g/mol. The molecule has 1 aromatic heterocycles. The van der Waals surface area contributed by atoms with E-state index in [4.69, 9.17) is 9.47 Å². The van der Waals surface area contributed by atoms with Crippen LogP contribution in [-0.2, 0) is 4.74 Å². The molecule has 4 rings (SSSR count). The SMILES string of the molecule is COc1ccc(Nc2nc(Nc3ccc(C(C)=O)cc3)nc(N3CCOCC3)n2)cc1. The largest absolute Gasteiger partial charge is 0.497 e. The summed E-state index contributed by atoms with van der Waals surface area (Å²) < 4.78 is 10.6. The maximum Gasteiger partial charge on any atom is 0.233 e. The summed E-state index contributed by atoms with van der Waals surface area (Å²) in [6.07, 6.45) is 0. The third-order valence-electron chi connectivity index (χ3n) is 4.81. The zero-order valence-electron chi connectivity index (χ0n) is 17.5. The highest BCUT2D eigenvalue weighted by molar-refractivity contribution is 5.94. The van der Waals surface area contributed by atoms with Crippen LogP contribution in [0.4, 0.5) is 29.2 Å². The van der Waals surface area contributed by atoms with Crippen molar-refractivity contribution in [2.24, 2.45) is 0 Å². The van der Waals surface area contributed by atoms with Gasteiger partial charge in [0.25, 0.3) is 0 Å². The van der Waals surface area contributed by atoms with Crippen molar-refractivity contribution in [1.29, 1.82) is 0 Å². The van der Waals surface area contributed by atoms with Crippen molar-refractivity contribution in [3.8, 4) is 5.75 Å². The van der Waals surface area contributed by atoms with Crippen molar-refractivity contribution in [2.75, 3.05) is 48.9 Å². The van der Waals surface area contributed by atoms with E-state index in [9.17, 15) is 4.79 Å². The fourth-order valence-electron chi connectivity index (χ4n) is 3.10. The van der Waals surface area contributed by atoms with Crippen molar-refractivity contribution in [2.45, 2.75) is 6.92 Å². The van der Waals surface area contributed by atoms with Crippen LogP contribution in [0.15, 0.2) is 48.5 Å². The average molecular weight is 420 g/mol. The molecule has 1 aliphatic rings. The van der Waals surface area contributed by atoms with E-state index in [0.717, 1.165) is 17.1 Å². The summed E-state index contributed by atoms with van der Waals surface area (Å²) in [7, 11) is 1.63. The molecule has 0 amide bonds. The molecule has 0 aliphatic carbocycles. The lowest BCUT2D eigenvalue weighted by Crippen LogP contribution is -2.37. The molecule has 1 saturated heterocycles. The number of anilines is 5. The van der Waals surface area contributed by atoms with Gasteiger partial charge in [-0.1, -0.05) is 0 Å². The first-order valence-corrected chi connectivity index (χ1v) is 9.98. The highest BCUT2D eigenvalue weighted by atomic mass is 16.5. The number of hydrogen-bond donors (Lipinski definition) is 2. The number of carbonyl (C=O) groups excluding carboxylic acids is 1. The summed E-state index contributed by atoms with van der Waals surface area (Å²) in [5, 5.41) is 6.43. The Morgan fingerprint density at radius 3 is 1.97 bits per heavy atom. The molecule has 0 spiro atoms. The minimum atomic E-state index is 0.0206. The van der Waals surface area contributed by atoms with Crippen molar-refractivity contribution in [3.63, 3.8) is 0 Å². The zero-order valence-corrected chi connectivity index (χ0v) is 17.5. The molecule has 2 aromatic carbocycles. The number of Topliss-reactive ketones (excluding diaryl/α,β-unsaturated/α-hetero) is 1. The molecule has 1 aliphatic heterocycles. The average Bonchev–Trinajstić information content (AvgIpc) is 2.80. The van der Waals surface area contributed by atoms with Gasteiger partial charge < -0.3 is 25.0 Å². The molecule has 3 aromatic rings. The van der Waals surface area contributed by atoms with E-state index in [2.05, 4.69) is 30.5 Å². The van der Waals surface area contributed by atoms with Gasteiger partial charge in [-0.05, 0) is 55.5 Å². The minimum Gasteiger partial charge on any atom is -0.497 e. The van der Waals surface area contributed by atoms with Crippen molar-refractivity contribution >= 4 is 35.0 Å². The molecule has 0 bridgehead atoms. The van der Waals surface area contributed by atoms with E-state index in [1.807, 2.05) is 36.4 Å². The Labute approximate surface area is 180 Å². The summed E-state index contributed by atoms with van der Waals surface area (Å²) in [6.45, 7) is 4.21. The number of morpholine rings is 1. The number of nitrogens with one attached hydrogen (secondary N) is 2. The van der Waals surface area contributed by atoms with Gasteiger partial charge >= 0.3 is 0 Å². The van der Waals surface area contributed by atoms with E-state index in [-0.39, 0.29) is 5.78 Å². The lowest BCUT2D eigenvalue weighted by molar-refractivity contribution is 0.101. The number of benzene rings is 2. The second-order valence-electron chi connectivity index (χ2n) is 6.99. The van der Waals surface area contributed by atoms with Crippen molar-refractivity contribution in [3.05, 3.63) is 54.1 Å². The van der Waals surface area contributed by atoms with Gasteiger partial charge in [0.05, 0.1) is 20.3 Å². The Bertz CT molecular complexity index is 1030. The third kappa shape index (κ3) is 5.26. The predicted molar refractivity (Wildman–Crippen MR) is 119 cm³/mol. The van der Waals surface area contributed by atoms with E-state index in [1.54, 1.807) is 26.2 Å². The first-order valence-electron chi connectivity index (χ1n) is 9.98. The standard InChI is InChI=1S/C22H24N6O3/c1-15(29)16-3-5-17(6-4-16)23-20-25-21(24-18-7-9-19(30-2)10-8-18)27-22(26-20)28-11-13-31-14-12-28/h3-10H,11-14H2,1-2H3,(H2,23,24,25,26,27). The minimum absolute atomic E-state index is 0.0206. The van der Waals surface area contributed by atoms with Crippen molar-refractivity contribution < 1.29 is 14.3 Å². The number of carbonyl (C=O) groups is 1. The molecule has 31 heavy (non-hydrogen) atoms. The van der Waals surface area contributed by atoms with Gasteiger partial charge in [0.15, 0.2) is 5.78 Å². The van der Waals surface area contributed by atoms with Gasteiger partial charge in [-0.15, -0.1) is 0 Å². The lowest BCUT2D eigenvalue weighted by Gasteiger charge is -2.27. The summed E-state index contributed by atoms with van der Waals surface area (Å²) >= 11 is 0. The van der Waals surface area contributed by atoms with Crippen LogP contribution in [0.2, 0.25) is 0 Å². The van der Waals surface area contributed by atoms with Crippen LogP contribution in [0.1, 0.15) is 17.3 Å². The Kier molecular flexibility index (Phi) is 6.23. The monoisotopic (exact) mass is 420 g/mol. The highest BCUT2D eigenvalue weighted by Crippen LogP contribution is 2.22. The molecule has 160 valence electrons. The molecule has 0 atom stereocenters. The molecule has 0 saturated carbocycles. The summed E-state index contributed by atoms with van der Waals surface area (Å²) in [5.41, 5.74) is 2.26. The Morgan fingerprint density at radius 1 is 0.903 bits per heavy atom. The molecule has 9 heteroatoms. The van der Waals surface area contributed by atoms with Gasteiger partial charge in [0.1, 0.15) is 5.75 Å². The molecule has 0 unspecified atom stereocenters. The lowest BCUT2D eigenvalue weighted by atomic mass is 10.1. The van der Waals surface area contributed by atoms with Crippen LogP contribution in [-0.4, -0.2) is 54.1 Å². The first kappa shape index (κ1) is 20.5. The number of aromatic nitrogens is 3. The van der Waals surface area contributed by atoms with Crippen LogP contribution in [0, 0.1) is 0 Å². The molecule has 9 nitrogen and oxygen atoms in total. The van der Waals surface area contributed by atoms with Crippen molar-refractivity contribution in [1.82, 2.24) is 15.0 Å². The van der Waals surface area contributed by atoms with Crippen LogP contribution >= 0.6 is 0 Å². The van der Waals surface area contributed by atoms with Gasteiger partial charge in [0, 0.05) is 30.0 Å². The van der Waals surface area contributed by atoms with E-state index in [0.29, 0.717) is 49.7 Å². The molecule has 2 N–H and O–H groups in total. The molecular formula is C22H24N6O3. The number of ketones is 1. The molecule has 1 fully saturated rings. The zero-order chi connectivity index (χ0) is 21.6. The molecule has 0 radical (unpaired) electrons. The topological polar surface area (TPSA) is 102 Å². The maximum absolute atomic E-state index is 11.5. The van der Waals surface area contributed by atoms with Crippen LogP contribution in [0.5, 0.6) is 5.75 Å². The van der Waals surface area contributed by atoms with Gasteiger partial charge in [-0.3, -0.25) is 4.79 Å². The fraction of sp³-hybridized carbons (Fsp3) is 0.273. The normalized spacial score (nSPS) is 13.5. The van der Waals surface area contributed by atoms with Gasteiger partial charge in [-0.25, -0.2) is 0 Å². The predicted octanol–water partition coefficient (Wildman–Crippen LogP) is 3.41. The van der Waals surface area contributed by atoms with E-state index < -0.39 is 0 Å². The Balaban J connectivity index is 1.60. The molecule has 2 heterocycles. The maximum atomic E-state index is 11.5. The summed E-state index contributed by atoms with van der Waals surface area (Å²) in [4.78, 5) is 27.3. The van der Waals surface area contributed by atoms with Crippen LogP contribution in [0.25, 0.3) is 0 Å². The number of rotatable bonds is 7. The Morgan fingerprint density at radius 2 is 1.45 bits per heavy atom. The highest BCUT2D eigenvalue weighted by Gasteiger charge is 2.17. The second kappa shape index (κ2) is 9.40. The quantitative estimate of drug-likeness (QED) is 0.557. The van der Waals surface area contributed by atoms with E-state index >= 15 is 0 Å². The Hall–Kier alpha value is -3.72. The van der Waals surface area contributed by atoms with Gasteiger partial charge in [-0.2, -0.15) is 15.0 Å². The van der Waals surface area contributed by atoms with Gasteiger partial charge in [0.2, 0.25) is 17.8 Å². The fourth-order valence-corrected chi connectivity index (χ4v) is 3.10. The second-order valence-corrected chi connectivity index (χ2v) is 6.99. The smallest absolute Gasteiger partial charge is 0.233 e. The van der Waals surface area contributed by atoms with E-state index in [1.165, 1.54) is 0 Å². The third-order valence-corrected chi connectivity index (χ3v) is 4.81. The number of ether oxygens (including phenoxy) is 2. The van der Waals surface area contributed by atoms with Crippen LogP contribution < -0.4 is 20.3 Å². The number of hydrogen-bond acceptors (Lipinski definition) is 9. The van der Waals surface area contributed by atoms with Crippen LogP contribution in [0.3, 0.4) is 0 Å². The number of nitrogens with zero attached hydrogens (tertiary/aromatic N) is 4. The summed E-state index contributed by atoms with van der Waals surface area (Å²) in [6, 6.07) is 14.7.